The molecule has 3 rings (SSSR count). The van der Waals surface area contributed by atoms with Crippen molar-refractivity contribution in [1.82, 2.24) is 0 Å². The summed E-state index contributed by atoms with van der Waals surface area (Å²) in [6, 6.07) is 0. The minimum atomic E-state index is -1.30. The third kappa shape index (κ3) is 2.33. The van der Waals surface area contributed by atoms with Crippen molar-refractivity contribution in [2.45, 2.75) is 57.8 Å². The van der Waals surface area contributed by atoms with Crippen LogP contribution in [0.4, 0.5) is 0 Å². The molecule has 0 aromatic rings. The zero-order chi connectivity index (χ0) is 18.7. The summed E-state index contributed by atoms with van der Waals surface area (Å²) in [7, 11) is 0. The summed E-state index contributed by atoms with van der Waals surface area (Å²) in [6.07, 6.45) is -0.857. The Balaban J connectivity index is 2.01. The molecule has 3 fully saturated rings. The summed E-state index contributed by atoms with van der Waals surface area (Å²) in [6.45, 7) is 12.3. The van der Waals surface area contributed by atoms with Crippen molar-refractivity contribution < 1.29 is 25.2 Å². The molecule has 0 amide bonds. The second-order valence-electron chi connectivity index (χ2n) is 8.81. The molecule has 0 aromatic heterocycles. The molecule has 7 atom stereocenters. The largest absolute Gasteiger partial charge is 0.396 e. The van der Waals surface area contributed by atoms with Gasteiger partial charge in [-0.3, -0.25) is 4.79 Å². The molecule has 5 nitrogen and oxygen atoms in total. The van der Waals surface area contributed by atoms with Gasteiger partial charge in [0.1, 0.15) is 0 Å². The minimum Gasteiger partial charge on any atom is -0.396 e. The molecule has 4 N–H and O–H groups in total. The van der Waals surface area contributed by atoms with Crippen LogP contribution in [0.5, 0.6) is 0 Å². The number of rotatable bonds is 4. The summed E-state index contributed by atoms with van der Waals surface area (Å²) >= 11 is 0. The molecule has 0 radical (unpaired) electrons. The van der Waals surface area contributed by atoms with Gasteiger partial charge in [0, 0.05) is 18.4 Å². The number of carbonyl (C=O) groups is 1. The minimum absolute atomic E-state index is 0.0395. The van der Waals surface area contributed by atoms with E-state index < -0.39 is 35.6 Å². The highest BCUT2D eigenvalue weighted by molar-refractivity contribution is 6.05. The highest BCUT2D eigenvalue weighted by atomic mass is 16.3. The number of allylic oxidation sites excluding steroid dienone is 1. The molecule has 1 spiro atoms. The fraction of sp³-hybridized carbons (Fsp3) is 0.750. The standard InChI is InChI=1S/C20H30O5/c1-10-12(19(3,4)6-5-7-21)9-15(23)20-13(10)8-14(22)16(18(20)25)11(2)17(20)24/h12-16,18,21-23,25H,1-2,5-9H2,3-4H3/t12-,13-,14+,15+,16+,18+,20-/m0/s1. The quantitative estimate of drug-likeness (QED) is 0.451. The van der Waals surface area contributed by atoms with Gasteiger partial charge < -0.3 is 20.4 Å². The second kappa shape index (κ2) is 6.02. The van der Waals surface area contributed by atoms with E-state index in [1.807, 2.05) is 0 Å². The Morgan fingerprint density at radius 1 is 1.20 bits per heavy atom. The van der Waals surface area contributed by atoms with Crippen molar-refractivity contribution in [2.24, 2.45) is 28.6 Å². The van der Waals surface area contributed by atoms with Gasteiger partial charge in [-0.2, -0.15) is 0 Å². The molecule has 0 heterocycles. The first kappa shape index (κ1) is 18.8. The molecule has 3 aliphatic rings. The van der Waals surface area contributed by atoms with Gasteiger partial charge in [-0.15, -0.1) is 0 Å². The van der Waals surface area contributed by atoms with E-state index in [2.05, 4.69) is 27.0 Å². The van der Waals surface area contributed by atoms with Gasteiger partial charge in [-0.25, -0.2) is 0 Å². The molecular formula is C20H30O5. The maximum atomic E-state index is 13.0. The fourth-order valence-electron chi connectivity index (χ4n) is 5.82. The molecule has 0 unspecified atom stereocenters. The van der Waals surface area contributed by atoms with Crippen molar-refractivity contribution >= 4 is 5.78 Å². The fourth-order valence-corrected chi connectivity index (χ4v) is 5.82. The van der Waals surface area contributed by atoms with Crippen molar-refractivity contribution in [3.8, 4) is 0 Å². The Morgan fingerprint density at radius 3 is 2.44 bits per heavy atom. The number of Topliss-reactive ketones (excluding diaryl/α,β-unsaturated/α-hetero) is 1. The molecular weight excluding hydrogens is 320 g/mol. The van der Waals surface area contributed by atoms with E-state index in [9.17, 15) is 20.1 Å². The van der Waals surface area contributed by atoms with Crippen LogP contribution >= 0.6 is 0 Å². The smallest absolute Gasteiger partial charge is 0.170 e. The van der Waals surface area contributed by atoms with Crippen LogP contribution in [0.1, 0.15) is 39.5 Å². The Hall–Kier alpha value is -1.01. The van der Waals surface area contributed by atoms with Crippen molar-refractivity contribution in [1.29, 1.82) is 0 Å². The van der Waals surface area contributed by atoms with Gasteiger partial charge in [0.2, 0.25) is 0 Å². The molecule has 3 aliphatic carbocycles. The molecule has 0 aromatic carbocycles. The van der Waals surface area contributed by atoms with Crippen LogP contribution in [0.2, 0.25) is 0 Å². The van der Waals surface area contributed by atoms with Crippen molar-refractivity contribution in [3.05, 3.63) is 24.3 Å². The molecule has 25 heavy (non-hydrogen) atoms. The van der Waals surface area contributed by atoms with E-state index in [4.69, 9.17) is 5.11 Å². The first-order valence-corrected chi connectivity index (χ1v) is 9.18. The van der Waals surface area contributed by atoms with E-state index in [0.29, 0.717) is 19.3 Å². The van der Waals surface area contributed by atoms with Crippen LogP contribution in [0.3, 0.4) is 0 Å². The highest BCUT2D eigenvalue weighted by Gasteiger charge is 2.71. The third-order valence-corrected chi connectivity index (χ3v) is 7.21. The van der Waals surface area contributed by atoms with Gasteiger partial charge in [0.15, 0.2) is 5.78 Å². The van der Waals surface area contributed by atoms with E-state index in [0.717, 1.165) is 12.0 Å². The summed E-state index contributed by atoms with van der Waals surface area (Å²) in [4.78, 5) is 13.0. The van der Waals surface area contributed by atoms with E-state index in [1.54, 1.807) is 0 Å². The summed E-state index contributed by atoms with van der Waals surface area (Å²) < 4.78 is 0. The number of aliphatic hydroxyl groups is 4. The number of fused-ring (bicyclic) bond motifs is 1. The van der Waals surface area contributed by atoms with Crippen molar-refractivity contribution in [2.75, 3.05) is 6.61 Å². The average molecular weight is 350 g/mol. The van der Waals surface area contributed by atoms with Crippen LogP contribution < -0.4 is 0 Å². The predicted octanol–water partition coefficient (Wildman–Crippen LogP) is 1.21. The van der Waals surface area contributed by atoms with E-state index >= 15 is 0 Å². The molecule has 0 aliphatic heterocycles. The first-order valence-electron chi connectivity index (χ1n) is 9.18. The highest BCUT2D eigenvalue weighted by Crippen LogP contribution is 2.64. The lowest BCUT2D eigenvalue weighted by molar-refractivity contribution is -0.173. The lowest BCUT2D eigenvalue weighted by Gasteiger charge is -2.55. The predicted molar refractivity (Wildman–Crippen MR) is 93.5 cm³/mol. The Labute approximate surface area is 149 Å². The van der Waals surface area contributed by atoms with Crippen LogP contribution in [-0.2, 0) is 4.79 Å². The Kier molecular flexibility index (Phi) is 4.52. The maximum absolute atomic E-state index is 13.0. The van der Waals surface area contributed by atoms with Gasteiger partial charge >= 0.3 is 0 Å². The van der Waals surface area contributed by atoms with Gasteiger partial charge in [-0.1, -0.05) is 32.6 Å². The summed E-state index contributed by atoms with van der Waals surface area (Å²) in [5, 5.41) is 41.5. The topological polar surface area (TPSA) is 98.0 Å². The SMILES string of the molecule is C=C1C(=O)[C@@]23[C@H](O)C[C@H](C(C)(C)CCCO)C(=C)[C@@H]2C[C@@H](O)[C@@H]1[C@H]3O. The zero-order valence-corrected chi connectivity index (χ0v) is 15.1. The number of ketones is 1. The van der Waals surface area contributed by atoms with Gasteiger partial charge in [-0.05, 0) is 42.6 Å². The lowest BCUT2D eigenvalue weighted by atomic mass is 9.50. The van der Waals surface area contributed by atoms with Crippen LogP contribution in [0, 0.1) is 28.6 Å². The molecule has 5 heteroatoms. The monoisotopic (exact) mass is 350 g/mol. The van der Waals surface area contributed by atoms with Crippen LogP contribution in [-0.4, -0.2) is 51.1 Å². The van der Waals surface area contributed by atoms with E-state index in [1.165, 1.54) is 0 Å². The second-order valence-corrected chi connectivity index (χ2v) is 8.81. The average Bonchev–Trinajstić information content (AvgIpc) is 2.68. The molecule has 0 saturated heterocycles. The van der Waals surface area contributed by atoms with Crippen LogP contribution in [0.15, 0.2) is 24.3 Å². The van der Waals surface area contributed by atoms with Crippen molar-refractivity contribution in [3.63, 3.8) is 0 Å². The number of hydrogen-bond donors (Lipinski definition) is 4. The van der Waals surface area contributed by atoms with Crippen LogP contribution in [0.25, 0.3) is 0 Å². The van der Waals surface area contributed by atoms with Gasteiger partial charge in [0.05, 0.1) is 23.7 Å². The zero-order valence-electron chi connectivity index (χ0n) is 15.1. The Morgan fingerprint density at radius 2 is 1.84 bits per heavy atom. The number of hydrogen-bond acceptors (Lipinski definition) is 5. The first-order chi connectivity index (χ1) is 11.6. The van der Waals surface area contributed by atoms with Gasteiger partial charge in [0.25, 0.3) is 0 Å². The third-order valence-electron chi connectivity index (χ3n) is 7.21. The van der Waals surface area contributed by atoms with E-state index in [-0.39, 0.29) is 29.3 Å². The number of carbonyl (C=O) groups excluding carboxylic acids is 1. The maximum Gasteiger partial charge on any atom is 0.170 e. The summed E-state index contributed by atoms with van der Waals surface area (Å²) in [5.74, 6) is -1.50. The summed E-state index contributed by atoms with van der Waals surface area (Å²) in [5.41, 5.74) is -0.449. The molecule has 2 bridgehead atoms. The molecule has 140 valence electrons. The Bertz CT molecular complexity index is 609. The molecule has 3 saturated carbocycles. The normalized spacial score (nSPS) is 44.2. The number of aliphatic hydroxyl groups excluding tert-OH is 4. The lowest BCUT2D eigenvalue weighted by Crippen LogP contribution is -2.62.